The molecule has 0 radical (unpaired) electrons. The lowest BCUT2D eigenvalue weighted by atomic mass is 10.0. The fourth-order valence-electron chi connectivity index (χ4n) is 4.15. The summed E-state index contributed by atoms with van der Waals surface area (Å²) >= 11 is 0. The van der Waals surface area contributed by atoms with E-state index < -0.39 is 0 Å². The van der Waals surface area contributed by atoms with Crippen LogP contribution in [0.1, 0.15) is 43.0 Å². The normalized spacial score (nSPS) is 17.5. The first-order valence-electron chi connectivity index (χ1n) is 10.4. The first-order valence-corrected chi connectivity index (χ1v) is 10.4. The second-order valence-electron chi connectivity index (χ2n) is 7.69. The number of aromatic hydroxyl groups is 1. The van der Waals surface area contributed by atoms with E-state index in [0.717, 1.165) is 42.8 Å². The molecule has 2 aromatic carbocycles. The van der Waals surface area contributed by atoms with E-state index in [-0.39, 0.29) is 6.04 Å². The van der Waals surface area contributed by atoms with E-state index in [1.807, 2.05) is 36.4 Å². The number of benzene rings is 2. The summed E-state index contributed by atoms with van der Waals surface area (Å²) < 4.78 is 16.5. The number of rotatable bonds is 6. The van der Waals surface area contributed by atoms with Gasteiger partial charge in [0.2, 0.25) is 0 Å². The minimum absolute atomic E-state index is 0.187. The number of phenolic OH excluding ortho intramolecular Hbond substituents is 1. The van der Waals surface area contributed by atoms with Crippen molar-refractivity contribution in [3.05, 3.63) is 59.8 Å². The molecule has 6 heteroatoms. The zero-order valence-electron chi connectivity index (χ0n) is 17.5. The van der Waals surface area contributed by atoms with Crippen LogP contribution in [0.3, 0.4) is 0 Å². The van der Waals surface area contributed by atoms with Gasteiger partial charge in [0.15, 0.2) is 17.3 Å². The van der Waals surface area contributed by atoms with Gasteiger partial charge in [-0.15, -0.1) is 0 Å². The van der Waals surface area contributed by atoms with Crippen LogP contribution >= 0.6 is 0 Å². The summed E-state index contributed by atoms with van der Waals surface area (Å²) in [5.74, 6) is 2.36. The summed E-state index contributed by atoms with van der Waals surface area (Å²) in [6.07, 6.45) is 4.58. The van der Waals surface area contributed by atoms with Crippen molar-refractivity contribution in [1.82, 2.24) is 10.1 Å². The lowest BCUT2D eigenvalue weighted by Gasteiger charge is -2.28. The number of likely N-dealkylation sites (tertiary alicyclic amines) is 1. The van der Waals surface area contributed by atoms with E-state index in [0.29, 0.717) is 23.0 Å². The Labute approximate surface area is 177 Å². The molecule has 3 aromatic rings. The average molecular weight is 408 g/mol. The molecule has 1 aromatic heterocycles. The Kier molecular flexibility index (Phi) is 6.23. The summed E-state index contributed by atoms with van der Waals surface area (Å²) in [5, 5.41) is 14.3. The van der Waals surface area contributed by atoms with Crippen molar-refractivity contribution >= 4 is 0 Å². The van der Waals surface area contributed by atoms with Crippen molar-refractivity contribution in [2.24, 2.45) is 0 Å². The number of hydrogen-bond acceptors (Lipinski definition) is 6. The third kappa shape index (κ3) is 4.44. The number of phenols is 1. The maximum Gasteiger partial charge on any atom is 0.167 e. The van der Waals surface area contributed by atoms with Gasteiger partial charge in [-0.1, -0.05) is 30.1 Å². The van der Waals surface area contributed by atoms with Crippen LogP contribution < -0.4 is 9.47 Å². The fourth-order valence-corrected chi connectivity index (χ4v) is 4.15. The minimum Gasteiger partial charge on any atom is -0.508 e. The average Bonchev–Trinajstić information content (AvgIpc) is 3.14. The largest absolute Gasteiger partial charge is 0.508 e. The number of nitrogens with zero attached hydrogens (tertiary/aromatic N) is 2. The van der Waals surface area contributed by atoms with Gasteiger partial charge >= 0.3 is 0 Å². The Morgan fingerprint density at radius 1 is 1.03 bits per heavy atom. The highest BCUT2D eigenvalue weighted by Gasteiger charge is 2.26. The summed E-state index contributed by atoms with van der Waals surface area (Å²) in [5.41, 5.74) is 2.95. The number of ether oxygens (including phenoxy) is 2. The molecule has 4 rings (SSSR count). The van der Waals surface area contributed by atoms with Gasteiger partial charge < -0.3 is 19.1 Å². The molecular weight excluding hydrogens is 380 g/mol. The van der Waals surface area contributed by atoms with Crippen molar-refractivity contribution < 1.29 is 19.1 Å². The molecule has 6 nitrogen and oxygen atoms in total. The second-order valence-corrected chi connectivity index (χ2v) is 7.69. The molecule has 0 spiro atoms. The Bertz CT molecular complexity index is 985. The van der Waals surface area contributed by atoms with Crippen molar-refractivity contribution in [1.29, 1.82) is 0 Å². The molecule has 1 fully saturated rings. The van der Waals surface area contributed by atoms with Crippen LogP contribution in [-0.2, 0) is 6.54 Å². The van der Waals surface area contributed by atoms with Crippen LogP contribution in [0.15, 0.2) is 53.1 Å². The van der Waals surface area contributed by atoms with Crippen LogP contribution in [0, 0.1) is 0 Å². The van der Waals surface area contributed by atoms with E-state index in [1.165, 1.54) is 12.8 Å². The van der Waals surface area contributed by atoms with E-state index in [1.54, 1.807) is 20.3 Å². The SMILES string of the molecule is COc1ccc(-c2cc([C@@H]3CCCCCN3Cc3cccc(O)c3)no2)cc1OC. The predicted molar refractivity (Wildman–Crippen MR) is 115 cm³/mol. The topological polar surface area (TPSA) is 68.0 Å². The Morgan fingerprint density at radius 2 is 1.90 bits per heavy atom. The summed E-state index contributed by atoms with van der Waals surface area (Å²) in [4.78, 5) is 2.44. The van der Waals surface area contributed by atoms with Crippen molar-refractivity contribution in [3.63, 3.8) is 0 Å². The number of hydrogen-bond donors (Lipinski definition) is 1. The number of methoxy groups -OCH3 is 2. The van der Waals surface area contributed by atoms with Gasteiger partial charge in [-0.2, -0.15) is 0 Å². The molecule has 0 amide bonds. The smallest absolute Gasteiger partial charge is 0.167 e. The third-order valence-electron chi connectivity index (χ3n) is 5.70. The van der Waals surface area contributed by atoms with Crippen molar-refractivity contribution in [2.75, 3.05) is 20.8 Å². The van der Waals surface area contributed by atoms with E-state index in [2.05, 4.69) is 16.1 Å². The molecule has 1 saturated heterocycles. The predicted octanol–water partition coefficient (Wildman–Crippen LogP) is 5.18. The molecule has 1 aliphatic heterocycles. The van der Waals surface area contributed by atoms with Crippen LogP contribution in [-0.4, -0.2) is 35.9 Å². The van der Waals surface area contributed by atoms with Crippen LogP contribution in [0.5, 0.6) is 17.2 Å². The van der Waals surface area contributed by atoms with Gasteiger partial charge in [0.25, 0.3) is 0 Å². The minimum atomic E-state index is 0.187. The highest BCUT2D eigenvalue weighted by atomic mass is 16.5. The van der Waals surface area contributed by atoms with Crippen molar-refractivity contribution in [3.8, 4) is 28.6 Å². The maximum atomic E-state index is 9.83. The lowest BCUT2D eigenvalue weighted by molar-refractivity contribution is 0.184. The zero-order valence-corrected chi connectivity index (χ0v) is 17.5. The first-order chi connectivity index (χ1) is 14.7. The van der Waals surface area contributed by atoms with E-state index in [9.17, 15) is 5.11 Å². The van der Waals surface area contributed by atoms with Crippen LogP contribution in [0.4, 0.5) is 0 Å². The summed E-state index contributed by atoms with van der Waals surface area (Å²) in [6, 6.07) is 15.4. The fraction of sp³-hybridized carbons (Fsp3) is 0.375. The highest BCUT2D eigenvalue weighted by Crippen LogP contribution is 2.36. The molecule has 1 aliphatic rings. The number of aromatic nitrogens is 1. The molecule has 30 heavy (non-hydrogen) atoms. The molecule has 158 valence electrons. The highest BCUT2D eigenvalue weighted by molar-refractivity contribution is 5.62. The molecule has 2 heterocycles. The van der Waals surface area contributed by atoms with E-state index in [4.69, 9.17) is 14.0 Å². The Balaban J connectivity index is 1.59. The van der Waals surface area contributed by atoms with Crippen molar-refractivity contribution in [2.45, 2.75) is 38.3 Å². The Hall–Kier alpha value is -2.99. The quantitative estimate of drug-likeness (QED) is 0.606. The van der Waals surface area contributed by atoms with Gasteiger partial charge in [0.1, 0.15) is 11.4 Å². The molecular formula is C24H28N2O4. The van der Waals surface area contributed by atoms with Crippen LogP contribution in [0.25, 0.3) is 11.3 Å². The third-order valence-corrected chi connectivity index (χ3v) is 5.70. The maximum absolute atomic E-state index is 9.83. The van der Waals surface area contributed by atoms with Gasteiger partial charge in [0.05, 0.1) is 20.3 Å². The first kappa shape index (κ1) is 20.3. The second kappa shape index (κ2) is 9.22. The van der Waals surface area contributed by atoms with Gasteiger partial charge in [-0.25, -0.2) is 0 Å². The molecule has 0 saturated carbocycles. The lowest BCUT2D eigenvalue weighted by Crippen LogP contribution is -2.28. The molecule has 0 aliphatic carbocycles. The molecule has 1 atom stereocenters. The summed E-state index contributed by atoms with van der Waals surface area (Å²) in [6.45, 7) is 1.77. The van der Waals surface area contributed by atoms with Gasteiger partial charge in [0, 0.05) is 18.2 Å². The zero-order chi connectivity index (χ0) is 20.9. The van der Waals surface area contributed by atoms with Gasteiger partial charge in [-0.05, 0) is 55.3 Å². The molecule has 0 unspecified atom stereocenters. The standard InChI is InChI=1S/C24H28N2O4/c1-28-22-11-10-18(14-24(22)29-2)23-15-20(25-30-23)21-9-4-3-5-12-26(21)16-17-7-6-8-19(27)13-17/h6-8,10-11,13-15,21,27H,3-5,9,12,16H2,1-2H3/t21-/m0/s1. The van der Waals surface area contributed by atoms with Gasteiger partial charge in [-0.3, -0.25) is 4.90 Å². The van der Waals surface area contributed by atoms with Crippen LogP contribution in [0.2, 0.25) is 0 Å². The summed E-state index contributed by atoms with van der Waals surface area (Å²) in [7, 11) is 3.25. The monoisotopic (exact) mass is 408 g/mol. The van der Waals surface area contributed by atoms with E-state index >= 15 is 0 Å². The Morgan fingerprint density at radius 3 is 2.70 bits per heavy atom. The molecule has 1 N–H and O–H groups in total. The molecule has 0 bridgehead atoms.